The minimum Gasteiger partial charge on any atom is -0.497 e. The van der Waals surface area contributed by atoms with Crippen LogP contribution in [0.2, 0.25) is 0 Å². The van der Waals surface area contributed by atoms with Crippen molar-refractivity contribution in [2.75, 3.05) is 25.2 Å². The van der Waals surface area contributed by atoms with Crippen molar-refractivity contribution in [1.82, 2.24) is 9.29 Å². The van der Waals surface area contributed by atoms with Gasteiger partial charge >= 0.3 is 0 Å². The number of anilines is 1. The van der Waals surface area contributed by atoms with Crippen molar-refractivity contribution >= 4 is 64.8 Å². The highest BCUT2D eigenvalue weighted by Gasteiger charge is 2.29. The average Bonchev–Trinajstić information content (AvgIpc) is 3.37. The summed E-state index contributed by atoms with van der Waals surface area (Å²) in [7, 11) is -2.04. The Labute approximate surface area is 240 Å². The number of hydrogen-bond acceptors (Lipinski definition) is 7. The molecular weight excluding hydrogens is 600 g/mol. The first-order valence-electron chi connectivity index (χ1n) is 12.4. The lowest BCUT2D eigenvalue weighted by Crippen LogP contribution is -2.39. The van der Waals surface area contributed by atoms with Gasteiger partial charge in [0.25, 0.3) is 5.91 Å². The summed E-state index contributed by atoms with van der Waals surface area (Å²) in [6.07, 6.45) is 3.46. The first-order chi connectivity index (χ1) is 18.7. The highest BCUT2D eigenvalue weighted by molar-refractivity contribution is 9.10. The van der Waals surface area contributed by atoms with E-state index in [0.717, 1.165) is 27.6 Å². The van der Waals surface area contributed by atoms with Crippen LogP contribution in [0.5, 0.6) is 5.75 Å². The molecule has 0 spiro atoms. The maximum atomic E-state index is 13.7. The lowest BCUT2D eigenvalue weighted by molar-refractivity contribution is 0.0987. The molecule has 0 N–H and O–H groups in total. The second kappa shape index (κ2) is 11.5. The van der Waals surface area contributed by atoms with E-state index in [1.165, 1.54) is 44.9 Å². The molecule has 1 amide bonds. The third-order valence-electron chi connectivity index (χ3n) is 6.51. The van der Waals surface area contributed by atoms with Gasteiger partial charge in [-0.1, -0.05) is 46.3 Å². The molecule has 4 aromatic rings. The molecule has 0 saturated carbocycles. The summed E-state index contributed by atoms with van der Waals surface area (Å²) in [6, 6.07) is 19.1. The second-order valence-electron chi connectivity index (χ2n) is 9.38. The summed E-state index contributed by atoms with van der Waals surface area (Å²) < 4.78 is 35.0. The van der Waals surface area contributed by atoms with Gasteiger partial charge in [-0.3, -0.25) is 4.79 Å². The highest BCUT2D eigenvalue weighted by atomic mass is 79.9. The molecule has 1 aliphatic rings. The summed E-state index contributed by atoms with van der Waals surface area (Å²) in [6.45, 7) is 3.07. The molecule has 5 rings (SSSR count). The Morgan fingerprint density at radius 1 is 1.15 bits per heavy atom. The topological polar surface area (TPSA) is 92.2 Å². The van der Waals surface area contributed by atoms with Gasteiger partial charge in [-0.2, -0.15) is 14.4 Å². The monoisotopic (exact) mass is 626 g/mol. The number of rotatable bonds is 7. The number of fused-ring (bicyclic) bond motifs is 1. The van der Waals surface area contributed by atoms with Crippen LogP contribution in [0.3, 0.4) is 0 Å². The van der Waals surface area contributed by atoms with Gasteiger partial charge in [0.15, 0.2) is 0 Å². The van der Waals surface area contributed by atoms with Crippen molar-refractivity contribution in [3.8, 4) is 5.75 Å². The van der Waals surface area contributed by atoms with Crippen LogP contribution in [0.25, 0.3) is 10.2 Å². The zero-order chi connectivity index (χ0) is 27.6. The largest absolute Gasteiger partial charge is 0.497 e. The summed E-state index contributed by atoms with van der Waals surface area (Å²) in [4.78, 5) is 18.5. The fourth-order valence-electron chi connectivity index (χ4n) is 4.38. The van der Waals surface area contributed by atoms with Gasteiger partial charge in [-0.25, -0.2) is 13.4 Å². The van der Waals surface area contributed by atoms with Crippen molar-refractivity contribution < 1.29 is 17.9 Å². The van der Waals surface area contributed by atoms with E-state index in [2.05, 4.69) is 32.9 Å². The Morgan fingerprint density at radius 3 is 2.59 bits per heavy atom. The van der Waals surface area contributed by atoms with E-state index >= 15 is 0 Å². The van der Waals surface area contributed by atoms with E-state index in [1.807, 2.05) is 42.5 Å². The number of amides is 1. The predicted octanol–water partition coefficient (Wildman–Crippen LogP) is 6.17. The Morgan fingerprint density at radius 2 is 1.90 bits per heavy atom. The fraction of sp³-hybridized carbons (Fsp3) is 0.250. The lowest BCUT2D eigenvalue weighted by atomic mass is 10.0. The molecule has 0 radical (unpaired) electrons. The average molecular weight is 628 g/mol. The Hall–Kier alpha value is -3.12. The van der Waals surface area contributed by atoms with Crippen LogP contribution in [0.15, 0.2) is 81.2 Å². The number of benzene rings is 3. The van der Waals surface area contributed by atoms with Crippen molar-refractivity contribution in [3.05, 3.63) is 82.3 Å². The van der Waals surface area contributed by atoms with Crippen molar-refractivity contribution in [1.29, 1.82) is 0 Å². The van der Waals surface area contributed by atoms with Crippen LogP contribution in [-0.2, 0) is 10.0 Å². The molecule has 8 nitrogen and oxygen atoms in total. The number of thiazole rings is 1. The number of methoxy groups -OCH3 is 1. The SMILES string of the molecule is COc1ccc2nc(N(/N=C/c3ccc(Br)cc3)C(=O)c3ccc(S(=O)(=O)N4CCCC(C)C4)cc3)sc2c1. The van der Waals surface area contributed by atoms with Gasteiger partial charge in [0.05, 0.1) is 28.4 Å². The summed E-state index contributed by atoms with van der Waals surface area (Å²) in [5, 5.41) is 6.12. The molecule has 0 bridgehead atoms. The lowest BCUT2D eigenvalue weighted by Gasteiger charge is -2.30. The highest BCUT2D eigenvalue weighted by Crippen LogP contribution is 2.33. The number of ether oxygens (including phenoxy) is 1. The van der Waals surface area contributed by atoms with Gasteiger partial charge in [-0.05, 0) is 78.9 Å². The standard InChI is InChI=1S/C28H27BrN4O4S2/c1-19-4-3-15-32(18-19)39(35,36)24-12-7-21(8-13-24)27(34)33(30-17-20-5-9-22(29)10-6-20)28-31-25-14-11-23(37-2)16-26(25)38-28/h5-14,16-17,19H,3-4,15,18H2,1-2H3/b30-17+. The van der Waals surface area contributed by atoms with Crippen LogP contribution in [0.1, 0.15) is 35.7 Å². The molecule has 1 fully saturated rings. The van der Waals surface area contributed by atoms with Crippen LogP contribution < -0.4 is 9.75 Å². The van der Waals surface area contributed by atoms with Gasteiger partial charge in [0.2, 0.25) is 15.2 Å². The number of aromatic nitrogens is 1. The summed E-state index contributed by atoms with van der Waals surface area (Å²) >= 11 is 4.73. The van der Waals surface area contributed by atoms with Crippen LogP contribution in [0.4, 0.5) is 5.13 Å². The zero-order valence-electron chi connectivity index (χ0n) is 21.5. The van der Waals surface area contributed by atoms with Crippen molar-refractivity contribution in [2.24, 2.45) is 11.0 Å². The number of hydrogen-bond donors (Lipinski definition) is 0. The van der Waals surface area contributed by atoms with E-state index in [9.17, 15) is 13.2 Å². The van der Waals surface area contributed by atoms with E-state index in [-0.39, 0.29) is 4.90 Å². The van der Waals surface area contributed by atoms with Gasteiger partial charge < -0.3 is 4.74 Å². The minimum absolute atomic E-state index is 0.171. The molecule has 11 heteroatoms. The van der Waals surface area contributed by atoms with Crippen LogP contribution in [0, 0.1) is 5.92 Å². The second-order valence-corrected chi connectivity index (χ2v) is 13.2. The molecular formula is C28H27BrN4O4S2. The fourth-order valence-corrected chi connectivity index (χ4v) is 7.19. The number of carbonyl (C=O) groups excluding carboxylic acids is 1. The Balaban J connectivity index is 1.47. The summed E-state index contributed by atoms with van der Waals surface area (Å²) in [5.74, 6) is 0.582. The van der Waals surface area contributed by atoms with E-state index in [1.54, 1.807) is 13.3 Å². The van der Waals surface area contributed by atoms with Crippen molar-refractivity contribution in [3.63, 3.8) is 0 Å². The smallest absolute Gasteiger partial charge is 0.280 e. The Kier molecular flexibility index (Phi) is 8.13. The zero-order valence-corrected chi connectivity index (χ0v) is 24.7. The summed E-state index contributed by atoms with van der Waals surface area (Å²) in [5.41, 5.74) is 1.81. The normalized spacial score (nSPS) is 16.5. The third-order valence-corrected chi connectivity index (χ3v) is 9.91. The van der Waals surface area contributed by atoms with E-state index in [4.69, 9.17) is 4.74 Å². The third kappa shape index (κ3) is 6.06. The number of nitrogens with zero attached hydrogens (tertiary/aromatic N) is 4. The molecule has 0 aliphatic carbocycles. The van der Waals surface area contributed by atoms with Crippen molar-refractivity contribution in [2.45, 2.75) is 24.7 Å². The predicted molar refractivity (Wildman–Crippen MR) is 158 cm³/mol. The number of sulfonamides is 1. The molecule has 1 aromatic heterocycles. The maximum Gasteiger partial charge on any atom is 0.280 e. The molecule has 2 heterocycles. The maximum absolute atomic E-state index is 13.7. The molecule has 1 aliphatic heterocycles. The van der Waals surface area contributed by atoms with Gasteiger partial charge in [0.1, 0.15) is 5.75 Å². The number of halogens is 1. The van der Waals surface area contributed by atoms with Crippen LogP contribution in [-0.4, -0.2) is 50.0 Å². The Bertz CT molecular complexity index is 1620. The number of piperidine rings is 1. The molecule has 1 atom stereocenters. The number of hydrazone groups is 1. The quantitative estimate of drug-likeness (QED) is 0.181. The molecule has 1 saturated heterocycles. The minimum atomic E-state index is -3.63. The molecule has 39 heavy (non-hydrogen) atoms. The first kappa shape index (κ1) is 27.4. The molecule has 1 unspecified atom stereocenters. The van der Waals surface area contributed by atoms with E-state index in [0.29, 0.717) is 41.0 Å². The van der Waals surface area contributed by atoms with Gasteiger partial charge in [0, 0.05) is 23.1 Å². The molecule has 3 aromatic carbocycles. The number of carbonyl (C=O) groups is 1. The van der Waals surface area contributed by atoms with E-state index < -0.39 is 15.9 Å². The van der Waals surface area contributed by atoms with Crippen LogP contribution >= 0.6 is 27.3 Å². The van der Waals surface area contributed by atoms with Gasteiger partial charge in [-0.15, -0.1) is 0 Å². The first-order valence-corrected chi connectivity index (χ1v) is 15.5. The molecule has 202 valence electrons.